The number of fused-ring (bicyclic) bond motifs is 2. The standard InChI is InChI=1S/C15H10F3N/c16-15(17,18)12-8-7-11-6-5-10-3-1-2-4-13(10)19-14(11)9-12/h1-9,19H. The summed E-state index contributed by atoms with van der Waals surface area (Å²) in [7, 11) is 0. The molecule has 19 heavy (non-hydrogen) atoms. The molecular weight excluding hydrogens is 251 g/mol. The zero-order valence-corrected chi connectivity index (χ0v) is 9.83. The van der Waals surface area contributed by atoms with Gasteiger partial charge >= 0.3 is 6.18 Å². The van der Waals surface area contributed by atoms with Gasteiger partial charge in [0.25, 0.3) is 0 Å². The first-order chi connectivity index (χ1) is 9.04. The number of benzene rings is 2. The fraction of sp³-hybridized carbons (Fsp3) is 0.0667. The van der Waals surface area contributed by atoms with Crippen molar-refractivity contribution in [3.05, 3.63) is 59.2 Å². The largest absolute Gasteiger partial charge is 0.416 e. The van der Waals surface area contributed by atoms with E-state index in [-0.39, 0.29) is 0 Å². The molecule has 4 heteroatoms. The monoisotopic (exact) mass is 261 g/mol. The highest BCUT2D eigenvalue weighted by atomic mass is 19.4. The van der Waals surface area contributed by atoms with Gasteiger partial charge in [0.05, 0.1) is 5.56 Å². The number of para-hydroxylation sites is 1. The van der Waals surface area contributed by atoms with Crippen molar-refractivity contribution < 1.29 is 13.2 Å². The van der Waals surface area contributed by atoms with E-state index in [0.29, 0.717) is 5.69 Å². The highest BCUT2D eigenvalue weighted by Crippen LogP contribution is 2.36. The van der Waals surface area contributed by atoms with Gasteiger partial charge in [0.1, 0.15) is 0 Å². The Morgan fingerprint density at radius 1 is 0.789 bits per heavy atom. The second kappa shape index (κ2) is 4.16. The zero-order valence-electron chi connectivity index (χ0n) is 9.83. The average molecular weight is 261 g/mol. The van der Waals surface area contributed by atoms with E-state index in [1.165, 1.54) is 6.07 Å². The maximum atomic E-state index is 12.7. The molecule has 0 fully saturated rings. The SMILES string of the molecule is FC(F)(F)c1ccc2c(c1)Nc1ccccc1C=C2. The van der Waals surface area contributed by atoms with Gasteiger partial charge in [-0.15, -0.1) is 0 Å². The Labute approximate surface area is 108 Å². The Bertz CT molecular complexity index is 657. The van der Waals surface area contributed by atoms with Gasteiger partial charge in [-0.1, -0.05) is 36.4 Å². The van der Waals surface area contributed by atoms with E-state index < -0.39 is 11.7 Å². The molecule has 96 valence electrons. The molecule has 0 aromatic heterocycles. The van der Waals surface area contributed by atoms with Crippen LogP contribution in [-0.2, 0) is 6.18 Å². The molecule has 0 bridgehead atoms. The van der Waals surface area contributed by atoms with Crippen molar-refractivity contribution in [1.29, 1.82) is 0 Å². The Kier molecular flexibility index (Phi) is 2.59. The fourth-order valence-electron chi connectivity index (χ4n) is 2.07. The maximum Gasteiger partial charge on any atom is 0.416 e. The zero-order chi connectivity index (χ0) is 13.5. The summed E-state index contributed by atoms with van der Waals surface area (Å²) in [5.41, 5.74) is 2.32. The molecule has 1 aliphatic rings. The van der Waals surface area contributed by atoms with Crippen molar-refractivity contribution in [2.24, 2.45) is 0 Å². The minimum Gasteiger partial charge on any atom is -0.355 e. The Morgan fingerprint density at radius 3 is 2.21 bits per heavy atom. The third kappa shape index (κ3) is 2.21. The maximum absolute atomic E-state index is 12.7. The highest BCUT2D eigenvalue weighted by Gasteiger charge is 2.31. The van der Waals surface area contributed by atoms with Crippen molar-refractivity contribution in [2.75, 3.05) is 5.32 Å². The van der Waals surface area contributed by atoms with Crippen molar-refractivity contribution in [1.82, 2.24) is 0 Å². The van der Waals surface area contributed by atoms with E-state index in [4.69, 9.17) is 0 Å². The third-order valence-electron chi connectivity index (χ3n) is 3.05. The summed E-state index contributed by atoms with van der Waals surface area (Å²) in [6.45, 7) is 0. The molecule has 0 amide bonds. The topological polar surface area (TPSA) is 12.0 Å². The van der Waals surface area contributed by atoms with Gasteiger partial charge in [-0.2, -0.15) is 13.2 Å². The first-order valence-electron chi connectivity index (χ1n) is 5.79. The van der Waals surface area contributed by atoms with Crippen molar-refractivity contribution in [3.8, 4) is 0 Å². The van der Waals surface area contributed by atoms with E-state index in [1.54, 1.807) is 0 Å². The fourth-order valence-corrected chi connectivity index (χ4v) is 2.07. The summed E-state index contributed by atoms with van der Waals surface area (Å²) in [5.74, 6) is 0. The van der Waals surface area contributed by atoms with E-state index >= 15 is 0 Å². The van der Waals surface area contributed by atoms with Crippen LogP contribution < -0.4 is 5.32 Å². The second-order valence-electron chi connectivity index (χ2n) is 4.35. The molecule has 0 spiro atoms. The number of hydrogen-bond acceptors (Lipinski definition) is 1. The lowest BCUT2D eigenvalue weighted by Gasteiger charge is -2.13. The molecular formula is C15H10F3N. The number of anilines is 2. The summed E-state index contributed by atoms with van der Waals surface area (Å²) in [5, 5.41) is 3.05. The molecule has 0 radical (unpaired) electrons. The van der Waals surface area contributed by atoms with Crippen molar-refractivity contribution >= 4 is 23.5 Å². The van der Waals surface area contributed by atoms with Crippen molar-refractivity contribution in [3.63, 3.8) is 0 Å². The van der Waals surface area contributed by atoms with Gasteiger partial charge in [0.2, 0.25) is 0 Å². The van der Waals surface area contributed by atoms with E-state index in [2.05, 4.69) is 5.32 Å². The van der Waals surface area contributed by atoms with Crippen LogP contribution in [0.4, 0.5) is 24.5 Å². The smallest absolute Gasteiger partial charge is 0.355 e. The molecule has 0 aliphatic carbocycles. The van der Waals surface area contributed by atoms with Crippen LogP contribution in [0.1, 0.15) is 16.7 Å². The van der Waals surface area contributed by atoms with Gasteiger partial charge in [0, 0.05) is 11.4 Å². The lowest BCUT2D eigenvalue weighted by Crippen LogP contribution is -2.06. The molecule has 1 heterocycles. The lowest BCUT2D eigenvalue weighted by molar-refractivity contribution is -0.137. The highest BCUT2D eigenvalue weighted by molar-refractivity contribution is 5.87. The number of rotatable bonds is 0. The van der Waals surface area contributed by atoms with E-state index in [9.17, 15) is 13.2 Å². The minimum absolute atomic E-state index is 0.469. The molecule has 2 aromatic rings. The van der Waals surface area contributed by atoms with Crippen LogP contribution in [-0.4, -0.2) is 0 Å². The number of halogens is 3. The van der Waals surface area contributed by atoms with Gasteiger partial charge in [-0.05, 0) is 29.3 Å². The predicted octanol–water partition coefficient (Wildman–Crippen LogP) is 4.93. The summed E-state index contributed by atoms with van der Waals surface area (Å²) >= 11 is 0. The molecule has 3 rings (SSSR count). The van der Waals surface area contributed by atoms with Gasteiger partial charge < -0.3 is 5.32 Å². The predicted molar refractivity (Wildman–Crippen MR) is 70.1 cm³/mol. The van der Waals surface area contributed by atoms with Crippen LogP contribution >= 0.6 is 0 Å². The first-order valence-corrected chi connectivity index (χ1v) is 5.79. The summed E-state index contributed by atoms with van der Waals surface area (Å²) in [6, 6.07) is 11.2. The van der Waals surface area contributed by atoms with Gasteiger partial charge in [-0.3, -0.25) is 0 Å². The molecule has 0 atom stereocenters. The number of nitrogens with one attached hydrogen (secondary N) is 1. The van der Waals surface area contributed by atoms with Crippen molar-refractivity contribution in [2.45, 2.75) is 6.18 Å². The average Bonchev–Trinajstić information content (AvgIpc) is 2.55. The van der Waals surface area contributed by atoms with Gasteiger partial charge in [-0.25, -0.2) is 0 Å². The minimum atomic E-state index is -4.33. The van der Waals surface area contributed by atoms with Crippen LogP contribution in [0.15, 0.2) is 42.5 Å². The molecule has 1 nitrogen and oxygen atoms in total. The van der Waals surface area contributed by atoms with E-state index in [0.717, 1.165) is 28.9 Å². The molecule has 0 saturated heterocycles. The molecule has 1 N–H and O–H groups in total. The normalized spacial score (nSPS) is 13.2. The van der Waals surface area contributed by atoms with Gasteiger partial charge in [0.15, 0.2) is 0 Å². The van der Waals surface area contributed by atoms with Crippen LogP contribution in [0.3, 0.4) is 0 Å². The summed E-state index contributed by atoms with van der Waals surface area (Å²) < 4.78 is 38.1. The summed E-state index contributed by atoms with van der Waals surface area (Å²) in [4.78, 5) is 0. The van der Waals surface area contributed by atoms with Crippen LogP contribution in [0, 0.1) is 0 Å². The number of alkyl halides is 3. The third-order valence-corrected chi connectivity index (χ3v) is 3.05. The summed E-state index contributed by atoms with van der Waals surface area (Å²) in [6.07, 6.45) is -0.623. The van der Waals surface area contributed by atoms with Crippen LogP contribution in [0.25, 0.3) is 12.2 Å². The van der Waals surface area contributed by atoms with E-state index in [1.807, 2.05) is 36.4 Å². The number of hydrogen-bond donors (Lipinski definition) is 1. The first kappa shape index (κ1) is 11.8. The quantitative estimate of drug-likeness (QED) is 0.604. The lowest BCUT2D eigenvalue weighted by atomic mass is 10.1. The molecule has 1 aliphatic heterocycles. The molecule has 0 saturated carbocycles. The Hall–Kier alpha value is -2.23. The Morgan fingerprint density at radius 2 is 1.47 bits per heavy atom. The second-order valence-corrected chi connectivity index (χ2v) is 4.35. The van der Waals surface area contributed by atoms with Crippen LogP contribution in [0.2, 0.25) is 0 Å². The Balaban J connectivity index is 2.10. The van der Waals surface area contributed by atoms with Crippen LogP contribution in [0.5, 0.6) is 0 Å². The molecule has 0 unspecified atom stereocenters. The molecule has 2 aromatic carbocycles.